The molecule has 0 amide bonds. The third kappa shape index (κ3) is 4.00. The Morgan fingerprint density at radius 2 is 2.07 bits per heavy atom. The van der Waals surface area contributed by atoms with Crippen molar-refractivity contribution in [3.05, 3.63) is 64.4 Å². The van der Waals surface area contributed by atoms with Crippen molar-refractivity contribution in [2.45, 2.75) is 24.8 Å². The molecule has 27 heavy (non-hydrogen) atoms. The Labute approximate surface area is 167 Å². The lowest BCUT2D eigenvalue weighted by Crippen LogP contribution is -2.28. The Morgan fingerprint density at radius 3 is 2.78 bits per heavy atom. The summed E-state index contributed by atoms with van der Waals surface area (Å²) >= 11 is 7.74. The first-order valence-corrected chi connectivity index (χ1v) is 11.6. The zero-order chi connectivity index (χ0) is 19.2. The number of anilines is 1. The maximum atomic E-state index is 13.4. The highest BCUT2D eigenvalue weighted by Crippen LogP contribution is 2.38. The van der Waals surface area contributed by atoms with Crippen LogP contribution < -0.4 is 4.90 Å². The van der Waals surface area contributed by atoms with Crippen molar-refractivity contribution < 1.29 is 12.8 Å². The van der Waals surface area contributed by atoms with Crippen molar-refractivity contribution in [2.24, 2.45) is 4.99 Å². The van der Waals surface area contributed by atoms with E-state index in [2.05, 4.69) is 0 Å². The molecule has 0 aliphatic carbocycles. The normalized spacial score (nSPS) is 23.1. The smallest absolute Gasteiger partial charge is 0.164 e. The molecule has 2 heterocycles. The monoisotopic (exact) mass is 424 g/mol. The molecule has 8 heteroatoms. The van der Waals surface area contributed by atoms with Crippen LogP contribution in [0.1, 0.15) is 11.1 Å². The van der Waals surface area contributed by atoms with Crippen LogP contribution in [0.4, 0.5) is 10.1 Å². The molecule has 2 atom stereocenters. The first-order chi connectivity index (χ1) is 12.8. The summed E-state index contributed by atoms with van der Waals surface area (Å²) in [5.74, 6) is -0.111. The van der Waals surface area contributed by atoms with Crippen LogP contribution in [0, 0.1) is 12.7 Å². The van der Waals surface area contributed by atoms with E-state index in [1.165, 1.54) is 23.9 Å². The zero-order valence-electron chi connectivity index (χ0n) is 14.6. The lowest BCUT2D eigenvalue weighted by Gasteiger charge is -2.25. The first kappa shape index (κ1) is 18.8. The Morgan fingerprint density at radius 1 is 1.26 bits per heavy atom. The number of aliphatic imine (C=N–C) groups is 1. The SMILES string of the molecule is Cc1cccc(N(Cc2ccc(F)cc2Cl)C2=N[C@@H]3CS(=O)(=O)C[C@H]3S2)c1. The van der Waals surface area contributed by atoms with Gasteiger partial charge in [-0.1, -0.05) is 41.6 Å². The van der Waals surface area contributed by atoms with Crippen molar-refractivity contribution in [1.82, 2.24) is 0 Å². The Balaban J connectivity index is 1.69. The highest BCUT2D eigenvalue weighted by atomic mass is 35.5. The van der Waals surface area contributed by atoms with E-state index in [0.717, 1.165) is 22.0 Å². The fourth-order valence-electron chi connectivity index (χ4n) is 3.36. The van der Waals surface area contributed by atoms with Gasteiger partial charge in [0.25, 0.3) is 0 Å². The number of thioether (sulfide) groups is 1. The highest BCUT2D eigenvalue weighted by Gasteiger charge is 2.44. The van der Waals surface area contributed by atoms with Gasteiger partial charge in [-0.05, 0) is 42.3 Å². The number of rotatable bonds is 3. The number of amidine groups is 1. The molecule has 142 valence electrons. The van der Waals surface area contributed by atoms with Crippen LogP contribution in [0.3, 0.4) is 0 Å². The third-order valence-corrected chi connectivity index (χ3v) is 8.29. The van der Waals surface area contributed by atoms with Crippen LogP contribution in [0.5, 0.6) is 0 Å². The average Bonchev–Trinajstić information content (AvgIpc) is 3.07. The van der Waals surface area contributed by atoms with Gasteiger partial charge in [0.2, 0.25) is 0 Å². The van der Waals surface area contributed by atoms with Gasteiger partial charge in [0.1, 0.15) is 5.82 Å². The summed E-state index contributed by atoms with van der Waals surface area (Å²) in [7, 11) is -3.01. The molecule has 2 aliphatic heterocycles. The van der Waals surface area contributed by atoms with Crippen molar-refractivity contribution in [2.75, 3.05) is 16.4 Å². The van der Waals surface area contributed by atoms with Gasteiger partial charge in [-0.15, -0.1) is 0 Å². The van der Waals surface area contributed by atoms with Crippen LogP contribution in [-0.4, -0.2) is 36.4 Å². The van der Waals surface area contributed by atoms with Crippen molar-refractivity contribution >= 4 is 44.1 Å². The highest BCUT2D eigenvalue weighted by molar-refractivity contribution is 8.15. The summed E-state index contributed by atoms with van der Waals surface area (Å²) in [6.45, 7) is 2.44. The van der Waals surface area contributed by atoms with Crippen LogP contribution in [0.15, 0.2) is 47.5 Å². The van der Waals surface area contributed by atoms with Crippen molar-refractivity contribution in [3.8, 4) is 0 Å². The van der Waals surface area contributed by atoms with E-state index < -0.39 is 9.84 Å². The van der Waals surface area contributed by atoms with E-state index in [1.54, 1.807) is 6.07 Å². The number of sulfone groups is 1. The average molecular weight is 425 g/mol. The minimum atomic E-state index is -3.01. The number of benzene rings is 2. The molecule has 1 saturated heterocycles. The minimum absolute atomic E-state index is 0.0407. The maximum absolute atomic E-state index is 13.4. The van der Waals surface area contributed by atoms with Gasteiger partial charge in [-0.2, -0.15) is 0 Å². The molecular formula is C19H18ClFN2O2S2. The summed E-state index contributed by atoms with van der Waals surface area (Å²) in [4.78, 5) is 6.73. The largest absolute Gasteiger partial charge is 0.317 e. The first-order valence-electron chi connectivity index (χ1n) is 8.54. The van der Waals surface area contributed by atoms with Gasteiger partial charge in [-0.25, -0.2) is 12.8 Å². The minimum Gasteiger partial charge on any atom is -0.317 e. The molecule has 2 aromatic rings. The summed E-state index contributed by atoms with van der Waals surface area (Å²) in [5, 5.41) is 1.10. The van der Waals surface area contributed by atoms with Crippen LogP contribution in [0.2, 0.25) is 5.02 Å². The molecule has 2 aromatic carbocycles. The molecule has 0 bridgehead atoms. The maximum Gasteiger partial charge on any atom is 0.164 e. The molecule has 4 rings (SSSR count). The Bertz CT molecular complexity index is 1030. The van der Waals surface area contributed by atoms with E-state index in [9.17, 15) is 12.8 Å². The standard InChI is InChI=1S/C19H18ClFN2O2S2/c1-12-3-2-4-15(7-12)23(9-13-5-6-14(21)8-16(13)20)19-22-17-10-27(24,25)11-18(17)26-19/h2-8,17-18H,9-11H2,1H3/t17-,18-/m1/s1. The van der Waals surface area contributed by atoms with Gasteiger partial charge in [0.05, 0.1) is 24.1 Å². The number of nitrogens with zero attached hydrogens (tertiary/aromatic N) is 2. The Kier molecular flexibility index (Phi) is 4.94. The Hall–Kier alpha value is -1.57. The fraction of sp³-hybridized carbons (Fsp3) is 0.316. The van der Waals surface area contributed by atoms with Gasteiger partial charge in [-0.3, -0.25) is 4.99 Å². The molecule has 0 N–H and O–H groups in total. The third-order valence-electron chi connectivity index (χ3n) is 4.69. The van der Waals surface area contributed by atoms with Gasteiger partial charge < -0.3 is 4.90 Å². The lowest BCUT2D eigenvalue weighted by atomic mass is 10.1. The number of aryl methyl sites for hydroxylation is 1. The summed E-state index contributed by atoms with van der Waals surface area (Å²) in [6, 6.07) is 12.2. The van der Waals surface area contributed by atoms with Gasteiger partial charge in [0, 0.05) is 16.0 Å². The van der Waals surface area contributed by atoms with Crippen molar-refractivity contribution in [3.63, 3.8) is 0 Å². The quantitative estimate of drug-likeness (QED) is 0.745. The molecule has 0 unspecified atom stereocenters. The fourth-order valence-corrected chi connectivity index (χ4v) is 7.36. The zero-order valence-corrected chi connectivity index (χ0v) is 17.0. The van der Waals surface area contributed by atoms with E-state index in [0.29, 0.717) is 11.6 Å². The van der Waals surface area contributed by atoms with E-state index in [-0.39, 0.29) is 28.6 Å². The molecule has 0 radical (unpaired) electrons. The van der Waals surface area contributed by atoms with Crippen molar-refractivity contribution in [1.29, 1.82) is 0 Å². The predicted molar refractivity (Wildman–Crippen MR) is 110 cm³/mol. The van der Waals surface area contributed by atoms with Crippen LogP contribution in [-0.2, 0) is 16.4 Å². The number of fused-ring (bicyclic) bond motifs is 1. The summed E-state index contributed by atoms with van der Waals surface area (Å²) in [6.07, 6.45) is 0. The second kappa shape index (κ2) is 7.11. The van der Waals surface area contributed by atoms with Crippen LogP contribution in [0.25, 0.3) is 0 Å². The predicted octanol–water partition coefficient (Wildman–Crippen LogP) is 4.06. The molecule has 4 nitrogen and oxygen atoms in total. The molecule has 1 fully saturated rings. The number of hydrogen-bond donors (Lipinski definition) is 0. The van der Waals surface area contributed by atoms with Gasteiger partial charge in [0.15, 0.2) is 15.0 Å². The topological polar surface area (TPSA) is 49.7 Å². The van der Waals surface area contributed by atoms with E-state index >= 15 is 0 Å². The molecule has 0 aromatic heterocycles. The van der Waals surface area contributed by atoms with Gasteiger partial charge >= 0.3 is 0 Å². The lowest BCUT2D eigenvalue weighted by molar-refractivity contribution is 0.601. The van der Waals surface area contributed by atoms with E-state index in [4.69, 9.17) is 16.6 Å². The number of hydrogen-bond acceptors (Lipinski definition) is 5. The summed E-state index contributed by atoms with van der Waals surface area (Å²) < 4.78 is 37.1. The molecular weight excluding hydrogens is 407 g/mol. The summed E-state index contributed by atoms with van der Waals surface area (Å²) in [5.41, 5.74) is 2.84. The molecule has 0 saturated carbocycles. The second-order valence-corrected chi connectivity index (χ2v) is 10.6. The molecule has 2 aliphatic rings. The van der Waals surface area contributed by atoms with E-state index in [1.807, 2.05) is 36.1 Å². The molecule has 0 spiro atoms. The number of halogens is 2. The second-order valence-electron chi connectivity index (χ2n) is 6.87. The van der Waals surface area contributed by atoms with Crippen LogP contribution >= 0.6 is 23.4 Å².